The third-order valence-electron chi connectivity index (χ3n) is 5.81. The van der Waals surface area contributed by atoms with Gasteiger partial charge in [-0.3, -0.25) is 4.79 Å². The standard InChI is InChI=1S/C19H18F3N3O5/c20-9-4-12(9)25-7-14(30-19(27)28)18(26)8-3-10(21)17(15(22)16(8)25)24-5-11-13(6-24)29-2-1-23-11/h3,7,9,11-13,23H,1-2,4-6H2,(H,27,28)/t9-,11-,12+,13+/m0/s1. The number of carboxylic acid groups (broad SMARTS) is 1. The summed E-state index contributed by atoms with van der Waals surface area (Å²) in [5.74, 6) is -2.60. The van der Waals surface area contributed by atoms with E-state index in [1.165, 1.54) is 4.90 Å². The van der Waals surface area contributed by atoms with Crippen LogP contribution in [0.15, 0.2) is 17.1 Å². The molecule has 3 aliphatic rings. The minimum atomic E-state index is -1.75. The van der Waals surface area contributed by atoms with Gasteiger partial charge in [0.05, 0.1) is 41.9 Å². The van der Waals surface area contributed by atoms with E-state index < -0.39 is 46.6 Å². The normalized spacial score (nSPS) is 27.9. The Morgan fingerprint density at radius 3 is 2.77 bits per heavy atom. The van der Waals surface area contributed by atoms with Crippen molar-refractivity contribution in [2.75, 3.05) is 31.1 Å². The summed E-state index contributed by atoms with van der Waals surface area (Å²) in [7, 11) is 0. The molecule has 3 fully saturated rings. The molecule has 2 aliphatic heterocycles. The zero-order valence-corrected chi connectivity index (χ0v) is 15.6. The SMILES string of the molecule is O=C(O)Oc1cn([C@@H]2C[C@@H]2F)c2c(F)c(N3C[C@@H]4NCCO[C@@H]4C3)c(F)cc2c1=O. The van der Waals surface area contributed by atoms with E-state index in [4.69, 9.17) is 9.84 Å². The van der Waals surface area contributed by atoms with Gasteiger partial charge in [-0.2, -0.15) is 0 Å². The monoisotopic (exact) mass is 425 g/mol. The van der Waals surface area contributed by atoms with Crippen molar-refractivity contribution >= 4 is 22.7 Å². The van der Waals surface area contributed by atoms with Gasteiger partial charge in [-0.25, -0.2) is 18.0 Å². The molecule has 5 rings (SSSR count). The molecule has 30 heavy (non-hydrogen) atoms. The van der Waals surface area contributed by atoms with Crippen molar-refractivity contribution in [3.05, 3.63) is 34.1 Å². The summed E-state index contributed by atoms with van der Waals surface area (Å²) in [6, 6.07) is -0.0173. The van der Waals surface area contributed by atoms with Crippen molar-refractivity contribution in [1.82, 2.24) is 9.88 Å². The van der Waals surface area contributed by atoms with E-state index in [-0.39, 0.29) is 36.3 Å². The lowest BCUT2D eigenvalue weighted by Crippen LogP contribution is -2.47. The van der Waals surface area contributed by atoms with Crippen LogP contribution in [-0.4, -0.2) is 60.4 Å². The van der Waals surface area contributed by atoms with Gasteiger partial charge in [0.15, 0.2) is 11.6 Å². The molecule has 2 saturated heterocycles. The van der Waals surface area contributed by atoms with Crippen LogP contribution in [0.1, 0.15) is 12.5 Å². The topological polar surface area (TPSA) is 93.0 Å². The van der Waals surface area contributed by atoms with E-state index in [1.54, 1.807) is 0 Å². The lowest BCUT2D eigenvalue weighted by Gasteiger charge is -2.25. The first-order valence-electron chi connectivity index (χ1n) is 9.56. The highest BCUT2D eigenvalue weighted by Gasteiger charge is 2.42. The number of nitrogens with zero attached hydrogens (tertiary/aromatic N) is 2. The van der Waals surface area contributed by atoms with E-state index in [0.29, 0.717) is 19.7 Å². The number of alkyl halides is 1. The predicted molar refractivity (Wildman–Crippen MR) is 99.1 cm³/mol. The first-order chi connectivity index (χ1) is 14.3. The summed E-state index contributed by atoms with van der Waals surface area (Å²) in [5.41, 5.74) is -1.58. The van der Waals surface area contributed by atoms with Gasteiger partial charge in [-0.05, 0) is 6.07 Å². The maximum absolute atomic E-state index is 15.6. The number of nitrogens with one attached hydrogen (secondary N) is 1. The molecule has 0 spiro atoms. The predicted octanol–water partition coefficient (Wildman–Crippen LogP) is 1.80. The van der Waals surface area contributed by atoms with Gasteiger partial charge in [0.1, 0.15) is 17.7 Å². The molecule has 0 unspecified atom stereocenters. The number of hydrogen-bond acceptors (Lipinski definition) is 6. The van der Waals surface area contributed by atoms with Crippen LogP contribution in [0.4, 0.5) is 23.7 Å². The number of aromatic nitrogens is 1. The third kappa shape index (κ3) is 3.00. The molecule has 4 atom stereocenters. The van der Waals surface area contributed by atoms with Crippen LogP contribution in [0.2, 0.25) is 0 Å². The molecular formula is C19H18F3N3O5. The Balaban J connectivity index is 1.67. The Morgan fingerprint density at radius 2 is 2.10 bits per heavy atom. The van der Waals surface area contributed by atoms with Crippen molar-refractivity contribution in [3.8, 4) is 5.75 Å². The molecule has 2 aromatic rings. The van der Waals surface area contributed by atoms with Crippen molar-refractivity contribution in [2.24, 2.45) is 0 Å². The number of anilines is 1. The first kappa shape index (κ1) is 19.2. The summed E-state index contributed by atoms with van der Waals surface area (Å²) >= 11 is 0. The van der Waals surface area contributed by atoms with Gasteiger partial charge in [0.25, 0.3) is 0 Å². The van der Waals surface area contributed by atoms with Gasteiger partial charge < -0.3 is 29.4 Å². The molecule has 1 aliphatic carbocycles. The molecule has 0 amide bonds. The number of fused-ring (bicyclic) bond motifs is 2. The molecular weight excluding hydrogens is 407 g/mol. The van der Waals surface area contributed by atoms with Crippen LogP contribution in [0, 0.1) is 11.6 Å². The van der Waals surface area contributed by atoms with Gasteiger partial charge in [0.2, 0.25) is 5.43 Å². The number of carbonyl (C=O) groups is 1. The van der Waals surface area contributed by atoms with Gasteiger partial charge >= 0.3 is 6.16 Å². The van der Waals surface area contributed by atoms with Crippen molar-refractivity contribution < 1.29 is 32.5 Å². The van der Waals surface area contributed by atoms with Crippen molar-refractivity contribution in [1.29, 1.82) is 0 Å². The second-order valence-electron chi connectivity index (χ2n) is 7.71. The first-order valence-corrected chi connectivity index (χ1v) is 9.56. The smallest absolute Gasteiger partial charge is 0.449 e. The number of pyridine rings is 1. The molecule has 11 heteroatoms. The zero-order chi connectivity index (χ0) is 21.2. The van der Waals surface area contributed by atoms with Gasteiger partial charge in [-0.15, -0.1) is 0 Å². The minimum absolute atomic E-state index is 0.0717. The summed E-state index contributed by atoms with van der Waals surface area (Å²) < 4.78 is 55.7. The summed E-state index contributed by atoms with van der Waals surface area (Å²) in [6.45, 7) is 1.71. The molecule has 2 N–H and O–H groups in total. The Kier molecular flexibility index (Phi) is 4.40. The lowest BCUT2D eigenvalue weighted by atomic mass is 10.1. The Morgan fingerprint density at radius 1 is 1.33 bits per heavy atom. The fraction of sp³-hybridized carbons (Fsp3) is 0.474. The van der Waals surface area contributed by atoms with Crippen LogP contribution in [0.3, 0.4) is 0 Å². The molecule has 8 nitrogen and oxygen atoms in total. The summed E-state index contributed by atoms with van der Waals surface area (Å²) in [4.78, 5) is 25.0. The second-order valence-corrected chi connectivity index (χ2v) is 7.71. The lowest BCUT2D eigenvalue weighted by molar-refractivity contribution is 0.0212. The highest BCUT2D eigenvalue weighted by Crippen LogP contribution is 2.43. The van der Waals surface area contributed by atoms with E-state index in [0.717, 1.165) is 16.8 Å². The number of benzene rings is 1. The summed E-state index contributed by atoms with van der Waals surface area (Å²) in [6.07, 6.45) is -2.21. The van der Waals surface area contributed by atoms with Crippen LogP contribution >= 0.6 is 0 Å². The molecule has 1 aromatic carbocycles. The van der Waals surface area contributed by atoms with Crippen LogP contribution in [-0.2, 0) is 4.74 Å². The van der Waals surface area contributed by atoms with Crippen molar-refractivity contribution in [3.63, 3.8) is 0 Å². The van der Waals surface area contributed by atoms with Gasteiger partial charge in [-0.1, -0.05) is 0 Å². The Bertz CT molecular complexity index is 1090. The number of morpholine rings is 1. The summed E-state index contributed by atoms with van der Waals surface area (Å²) in [5, 5.41) is 11.7. The highest BCUT2D eigenvalue weighted by atomic mass is 19.1. The van der Waals surface area contributed by atoms with Crippen LogP contribution < -0.4 is 20.4 Å². The average molecular weight is 425 g/mol. The number of halogens is 3. The molecule has 0 bridgehead atoms. The van der Waals surface area contributed by atoms with E-state index in [1.807, 2.05) is 0 Å². The highest BCUT2D eigenvalue weighted by molar-refractivity contribution is 5.86. The molecule has 1 aromatic heterocycles. The zero-order valence-electron chi connectivity index (χ0n) is 15.6. The van der Waals surface area contributed by atoms with Crippen LogP contribution in [0.25, 0.3) is 10.9 Å². The second kappa shape index (κ2) is 6.88. The Labute approximate surface area is 167 Å². The minimum Gasteiger partial charge on any atom is -0.449 e. The van der Waals surface area contributed by atoms with E-state index in [2.05, 4.69) is 10.1 Å². The third-order valence-corrected chi connectivity index (χ3v) is 5.81. The largest absolute Gasteiger partial charge is 0.511 e. The average Bonchev–Trinajstić information content (AvgIpc) is 3.26. The number of hydrogen-bond donors (Lipinski definition) is 2. The molecule has 3 heterocycles. The Hall–Kier alpha value is -2.79. The van der Waals surface area contributed by atoms with Crippen LogP contribution in [0.5, 0.6) is 5.75 Å². The molecule has 1 saturated carbocycles. The van der Waals surface area contributed by atoms with E-state index in [9.17, 15) is 18.4 Å². The number of ether oxygens (including phenoxy) is 2. The molecule has 160 valence electrons. The quantitative estimate of drug-likeness (QED) is 0.725. The van der Waals surface area contributed by atoms with E-state index >= 15 is 4.39 Å². The molecule has 0 radical (unpaired) electrons. The number of rotatable bonds is 3. The maximum atomic E-state index is 15.6. The fourth-order valence-corrected chi connectivity index (χ4v) is 4.34. The maximum Gasteiger partial charge on any atom is 0.511 e. The van der Waals surface area contributed by atoms with Crippen molar-refractivity contribution in [2.45, 2.75) is 30.8 Å². The van der Waals surface area contributed by atoms with Gasteiger partial charge in [0, 0.05) is 26.1 Å². The fourth-order valence-electron chi connectivity index (χ4n) is 4.34.